The van der Waals surface area contributed by atoms with Crippen molar-refractivity contribution in [1.82, 2.24) is 0 Å². The minimum Gasteiger partial charge on any atom is -0.494 e. The number of carbonyl (C=O) groups is 1. The van der Waals surface area contributed by atoms with Crippen LogP contribution in [-0.4, -0.2) is 12.5 Å². The molecule has 0 unspecified atom stereocenters. The number of hydrogen-bond donors (Lipinski definition) is 1. The summed E-state index contributed by atoms with van der Waals surface area (Å²) < 4.78 is 5.61. The van der Waals surface area contributed by atoms with Crippen LogP contribution in [0.2, 0.25) is 0 Å². The van der Waals surface area contributed by atoms with Gasteiger partial charge in [0.2, 0.25) is 5.91 Å². The Morgan fingerprint density at radius 1 is 1.20 bits per heavy atom. The number of ether oxygens (including phenoxy) is 1. The molecule has 3 nitrogen and oxygen atoms in total. The third-order valence-corrected chi connectivity index (χ3v) is 3.04. The third-order valence-electron chi connectivity index (χ3n) is 3.04. The van der Waals surface area contributed by atoms with E-state index in [1.807, 2.05) is 6.07 Å². The molecular weight excluding hydrogens is 250 g/mol. The molecule has 0 bridgehead atoms. The molecule has 0 spiro atoms. The Balaban J connectivity index is 2.13. The summed E-state index contributed by atoms with van der Waals surface area (Å²) in [5.41, 5.74) is 5.71. The quantitative estimate of drug-likeness (QED) is 0.516. The Morgan fingerprint density at radius 2 is 1.95 bits per heavy atom. The predicted octanol–water partition coefficient (Wildman–Crippen LogP) is 4.08. The molecule has 1 aromatic carbocycles. The van der Waals surface area contributed by atoms with E-state index in [0.29, 0.717) is 17.9 Å². The van der Waals surface area contributed by atoms with E-state index in [9.17, 15) is 4.79 Å². The molecule has 0 aliphatic carbocycles. The summed E-state index contributed by atoms with van der Waals surface area (Å²) in [7, 11) is 0. The first kappa shape index (κ1) is 16.3. The monoisotopic (exact) mass is 275 g/mol. The average Bonchev–Trinajstić information content (AvgIpc) is 2.46. The van der Waals surface area contributed by atoms with Crippen LogP contribution in [0, 0.1) is 0 Å². The molecular formula is C17H25NO2. The first-order chi connectivity index (χ1) is 9.74. The molecule has 0 aromatic heterocycles. The fourth-order valence-corrected chi connectivity index (χ4v) is 1.85. The van der Waals surface area contributed by atoms with Gasteiger partial charge in [-0.3, -0.25) is 4.79 Å². The van der Waals surface area contributed by atoms with Gasteiger partial charge in [-0.2, -0.15) is 0 Å². The second kappa shape index (κ2) is 10.1. The van der Waals surface area contributed by atoms with E-state index in [0.717, 1.165) is 19.3 Å². The summed E-state index contributed by atoms with van der Waals surface area (Å²) in [6, 6.07) is 7.01. The molecule has 0 atom stereocenters. The molecule has 0 fully saturated rings. The molecule has 3 heteroatoms. The minimum atomic E-state index is -0.423. The number of carbonyl (C=O) groups excluding carboxylic acids is 1. The molecule has 1 amide bonds. The fraction of sp³-hybridized carbons (Fsp3) is 0.471. The Kier molecular flexibility index (Phi) is 8.20. The lowest BCUT2D eigenvalue weighted by atomic mass is 10.2. The van der Waals surface area contributed by atoms with E-state index in [-0.39, 0.29) is 0 Å². The third kappa shape index (κ3) is 6.98. The van der Waals surface area contributed by atoms with Crippen molar-refractivity contribution in [3.63, 3.8) is 0 Å². The number of hydrogen-bond acceptors (Lipinski definition) is 2. The lowest BCUT2D eigenvalue weighted by molar-refractivity contribution is 0.1000. The molecule has 0 aliphatic heterocycles. The molecule has 0 aliphatic rings. The number of benzene rings is 1. The van der Waals surface area contributed by atoms with E-state index in [1.165, 1.54) is 19.3 Å². The van der Waals surface area contributed by atoms with Gasteiger partial charge in [-0.05, 0) is 43.9 Å². The van der Waals surface area contributed by atoms with Gasteiger partial charge in [0.15, 0.2) is 0 Å². The SMILES string of the molecule is CCCCC=CCCCCOc1cccc(C(N)=O)c1. The Bertz CT molecular complexity index is 427. The van der Waals surface area contributed by atoms with Crippen LogP contribution in [0.25, 0.3) is 0 Å². The van der Waals surface area contributed by atoms with Crippen LogP contribution in [0.4, 0.5) is 0 Å². The topological polar surface area (TPSA) is 52.3 Å². The van der Waals surface area contributed by atoms with Gasteiger partial charge in [0, 0.05) is 5.56 Å². The number of primary amides is 1. The minimum absolute atomic E-state index is 0.423. The number of rotatable bonds is 10. The van der Waals surface area contributed by atoms with E-state index >= 15 is 0 Å². The highest BCUT2D eigenvalue weighted by atomic mass is 16.5. The first-order valence-corrected chi connectivity index (χ1v) is 7.41. The molecule has 0 saturated heterocycles. The summed E-state index contributed by atoms with van der Waals surface area (Å²) in [6.07, 6.45) is 11.5. The maximum Gasteiger partial charge on any atom is 0.248 e. The van der Waals surface area contributed by atoms with Gasteiger partial charge in [-0.15, -0.1) is 0 Å². The van der Waals surface area contributed by atoms with Gasteiger partial charge in [0.25, 0.3) is 0 Å². The maximum absolute atomic E-state index is 11.0. The second-order valence-corrected chi connectivity index (χ2v) is 4.85. The predicted molar refractivity (Wildman–Crippen MR) is 83.0 cm³/mol. The number of unbranched alkanes of at least 4 members (excludes halogenated alkanes) is 4. The van der Waals surface area contributed by atoms with Crippen LogP contribution in [-0.2, 0) is 0 Å². The van der Waals surface area contributed by atoms with Crippen LogP contribution in [0.5, 0.6) is 5.75 Å². The van der Waals surface area contributed by atoms with Crippen LogP contribution < -0.4 is 10.5 Å². The van der Waals surface area contributed by atoms with Crippen molar-refractivity contribution in [3.8, 4) is 5.75 Å². The Labute approximate surface area is 121 Å². The maximum atomic E-state index is 11.0. The zero-order valence-corrected chi connectivity index (χ0v) is 12.3. The van der Waals surface area contributed by atoms with E-state index in [2.05, 4.69) is 19.1 Å². The van der Waals surface area contributed by atoms with Crippen LogP contribution >= 0.6 is 0 Å². The Hall–Kier alpha value is -1.77. The van der Waals surface area contributed by atoms with Gasteiger partial charge >= 0.3 is 0 Å². The van der Waals surface area contributed by atoms with E-state index in [4.69, 9.17) is 10.5 Å². The van der Waals surface area contributed by atoms with Crippen LogP contribution in [0.15, 0.2) is 36.4 Å². The second-order valence-electron chi connectivity index (χ2n) is 4.85. The summed E-state index contributed by atoms with van der Waals surface area (Å²) in [5, 5.41) is 0. The van der Waals surface area contributed by atoms with Gasteiger partial charge in [0.1, 0.15) is 5.75 Å². The molecule has 0 saturated carbocycles. The zero-order valence-electron chi connectivity index (χ0n) is 12.3. The summed E-state index contributed by atoms with van der Waals surface area (Å²) in [6.45, 7) is 2.88. The van der Waals surface area contributed by atoms with Gasteiger partial charge in [-0.1, -0.05) is 38.0 Å². The van der Waals surface area contributed by atoms with Crippen molar-refractivity contribution in [2.75, 3.05) is 6.61 Å². The molecule has 0 radical (unpaired) electrons. The molecule has 1 aromatic rings. The molecule has 0 heterocycles. The van der Waals surface area contributed by atoms with Crippen molar-refractivity contribution < 1.29 is 9.53 Å². The van der Waals surface area contributed by atoms with Gasteiger partial charge < -0.3 is 10.5 Å². The highest BCUT2D eigenvalue weighted by Crippen LogP contribution is 2.13. The van der Waals surface area contributed by atoms with Crippen molar-refractivity contribution in [3.05, 3.63) is 42.0 Å². The largest absolute Gasteiger partial charge is 0.494 e. The van der Waals surface area contributed by atoms with E-state index in [1.54, 1.807) is 18.2 Å². The van der Waals surface area contributed by atoms with Crippen LogP contribution in [0.1, 0.15) is 55.8 Å². The molecule has 2 N–H and O–H groups in total. The lowest BCUT2D eigenvalue weighted by Crippen LogP contribution is -2.10. The number of nitrogens with two attached hydrogens (primary N) is 1. The zero-order chi connectivity index (χ0) is 14.6. The average molecular weight is 275 g/mol. The lowest BCUT2D eigenvalue weighted by Gasteiger charge is -2.06. The summed E-state index contributed by atoms with van der Waals surface area (Å²) in [5.74, 6) is 0.285. The van der Waals surface area contributed by atoms with Gasteiger partial charge in [0.05, 0.1) is 6.61 Å². The van der Waals surface area contributed by atoms with Crippen molar-refractivity contribution in [1.29, 1.82) is 0 Å². The number of amides is 1. The molecule has 20 heavy (non-hydrogen) atoms. The molecule has 1 rings (SSSR count). The first-order valence-electron chi connectivity index (χ1n) is 7.41. The Morgan fingerprint density at radius 3 is 2.65 bits per heavy atom. The van der Waals surface area contributed by atoms with Crippen molar-refractivity contribution >= 4 is 5.91 Å². The van der Waals surface area contributed by atoms with Gasteiger partial charge in [-0.25, -0.2) is 0 Å². The highest BCUT2D eigenvalue weighted by Gasteiger charge is 2.01. The fourth-order valence-electron chi connectivity index (χ4n) is 1.85. The molecule has 110 valence electrons. The smallest absolute Gasteiger partial charge is 0.248 e. The van der Waals surface area contributed by atoms with Crippen molar-refractivity contribution in [2.45, 2.75) is 45.4 Å². The highest BCUT2D eigenvalue weighted by molar-refractivity contribution is 5.93. The normalized spacial score (nSPS) is 10.8. The standard InChI is InChI=1S/C17H25NO2/c1-2-3-4-5-6-7-8-9-13-20-16-12-10-11-15(14-16)17(18)19/h5-6,10-12,14H,2-4,7-9,13H2,1H3,(H2,18,19). The van der Waals surface area contributed by atoms with E-state index < -0.39 is 5.91 Å². The van der Waals surface area contributed by atoms with Crippen molar-refractivity contribution in [2.24, 2.45) is 5.73 Å². The summed E-state index contributed by atoms with van der Waals surface area (Å²) in [4.78, 5) is 11.0. The van der Waals surface area contributed by atoms with Crippen LogP contribution in [0.3, 0.4) is 0 Å². The number of allylic oxidation sites excluding steroid dienone is 2. The summed E-state index contributed by atoms with van der Waals surface area (Å²) >= 11 is 0.